The van der Waals surface area contributed by atoms with Gasteiger partial charge >= 0.3 is 0 Å². The van der Waals surface area contributed by atoms with Crippen molar-refractivity contribution in [2.45, 2.75) is 18.5 Å². The van der Waals surface area contributed by atoms with E-state index < -0.39 is 6.04 Å². The first kappa shape index (κ1) is 13.8. The highest BCUT2D eigenvalue weighted by molar-refractivity contribution is 5.23. The Morgan fingerprint density at radius 1 is 1.00 bits per heavy atom. The van der Waals surface area contributed by atoms with Crippen molar-refractivity contribution in [2.75, 3.05) is 13.1 Å². The van der Waals surface area contributed by atoms with Gasteiger partial charge in [0.1, 0.15) is 0 Å². The maximum atomic E-state index is 11.4. The van der Waals surface area contributed by atoms with Crippen molar-refractivity contribution < 1.29 is 4.92 Å². The molecule has 0 unspecified atom stereocenters. The zero-order chi connectivity index (χ0) is 14.7. The third-order valence-corrected chi connectivity index (χ3v) is 4.11. The Kier molecular flexibility index (Phi) is 3.97. The molecule has 1 aliphatic rings. The molecule has 1 heterocycles. The maximum Gasteiger partial charge on any atom is 0.233 e. The molecule has 0 spiro atoms. The van der Waals surface area contributed by atoms with E-state index in [4.69, 9.17) is 0 Å². The van der Waals surface area contributed by atoms with Crippen LogP contribution in [-0.4, -0.2) is 29.0 Å². The SMILES string of the molecule is O=[N+]([O-])[C@@H]1CN(Cc2ccccc2)C[C@H]1c1ccccc1. The van der Waals surface area contributed by atoms with E-state index >= 15 is 0 Å². The summed E-state index contributed by atoms with van der Waals surface area (Å²) in [5, 5.41) is 11.4. The molecule has 2 aromatic carbocycles. The zero-order valence-electron chi connectivity index (χ0n) is 11.8. The molecule has 1 fully saturated rings. The Labute approximate surface area is 124 Å². The first-order valence-electron chi connectivity index (χ1n) is 7.19. The Hall–Kier alpha value is -2.20. The fourth-order valence-electron chi connectivity index (χ4n) is 3.08. The molecule has 1 saturated heterocycles. The van der Waals surface area contributed by atoms with E-state index in [-0.39, 0.29) is 10.8 Å². The average Bonchev–Trinajstić information content (AvgIpc) is 2.93. The molecule has 4 heteroatoms. The molecular weight excluding hydrogens is 264 g/mol. The van der Waals surface area contributed by atoms with Crippen molar-refractivity contribution >= 4 is 0 Å². The Morgan fingerprint density at radius 3 is 2.24 bits per heavy atom. The molecule has 108 valence electrons. The van der Waals surface area contributed by atoms with Gasteiger partial charge in [0, 0.05) is 18.0 Å². The second-order valence-corrected chi connectivity index (χ2v) is 5.55. The highest BCUT2D eigenvalue weighted by atomic mass is 16.6. The van der Waals surface area contributed by atoms with Gasteiger partial charge in [-0.15, -0.1) is 0 Å². The van der Waals surface area contributed by atoms with Crippen LogP contribution in [0.1, 0.15) is 17.0 Å². The number of likely N-dealkylation sites (tertiary alicyclic amines) is 1. The lowest BCUT2D eigenvalue weighted by Crippen LogP contribution is -2.28. The molecule has 0 aromatic heterocycles. The van der Waals surface area contributed by atoms with Crippen LogP contribution in [0, 0.1) is 10.1 Å². The van der Waals surface area contributed by atoms with Crippen molar-refractivity contribution in [1.82, 2.24) is 4.90 Å². The van der Waals surface area contributed by atoms with Crippen LogP contribution in [0.5, 0.6) is 0 Å². The topological polar surface area (TPSA) is 46.4 Å². The minimum Gasteiger partial charge on any atom is -0.292 e. The van der Waals surface area contributed by atoms with Crippen LogP contribution >= 0.6 is 0 Å². The summed E-state index contributed by atoms with van der Waals surface area (Å²) in [7, 11) is 0. The number of hydrogen-bond acceptors (Lipinski definition) is 3. The lowest BCUT2D eigenvalue weighted by molar-refractivity contribution is -0.521. The molecule has 0 radical (unpaired) electrons. The van der Waals surface area contributed by atoms with Crippen LogP contribution in [0.15, 0.2) is 60.7 Å². The molecule has 0 N–H and O–H groups in total. The number of hydrogen-bond donors (Lipinski definition) is 0. The molecule has 1 aliphatic heterocycles. The van der Waals surface area contributed by atoms with Crippen LogP contribution in [0.25, 0.3) is 0 Å². The second kappa shape index (κ2) is 6.06. The Balaban J connectivity index is 1.77. The summed E-state index contributed by atoms with van der Waals surface area (Å²) in [4.78, 5) is 13.4. The van der Waals surface area contributed by atoms with E-state index in [0.29, 0.717) is 6.54 Å². The largest absolute Gasteiger partial charge is 0.292 e. The molecule has 4 nitrogen and oxygen atoms in total. The monoisotopic (exact) mass is 282 g/mol. The van der Waals surface area contributed by atoms with Crippen LogP contribution in [-0.2, 0) is 6.54 Å². The van der Waals surface area contributed by atoms with E-state index in [1.807, 2.05) is 48.5 Å². The van der Waals surface area contributed by atoms with E-state index in [0.717, 1.165) is 18.7 Å². The molecule has 3 rings (SSSR count). The van der Waals surface area contributed by atoms with Crippen molar-refractivity contribution in [3.63, 3.8) is 0 Å². The van der Waals surface area contributed by atoms with Gasteiger partial charge in [0.25, 0.3) is 0 Å². The lowest BCUT2D eigenvalue weighted by Gasteiger charge is -2.15. The van der Waals surface area contributed by atoms with E-state index in [1.54, 1.807) is 0 Å². The minimum atomic E-state index is -0.517. The predicted molar refractivity (Wildman–Crippen MR) is 81.7 cm³/mol. The standard InChI is InChI=1S/C17H18N2O2/c20-19(21)17-13-18(11-14-7-3-1-4-8-14)12-16(17)15-9-5-2-6-10-15/h1-10,16-17H,11-13H2/t16-,17+/m0/s1. The molecule has 0 bridgehead atoms. The predicted octanol–water partition coefficient (Wildman–Crippen LogP) is 2.93. The van der Waals surface area contributed by atoms with Gasteiger partial charge in [0.05, 0.1) is 12.5 Å². The molecule has 21 heavy (non-hydrogen) atoms. The molecule has 2 aromatic rings. The number of nitro groups is 1. The molecule has 0 aliphatic carbocycles. The Bertz CT molecular complexity index is 601. The van der Waals surface area contributed by atoms with Crippen LogP contribution in [0.4, 0.5) is 0 Å². The molecule has 0 amide bonds. The van der Waals surface area contributed by atoms with Gasteiger partial charge in [0.2, 0.25) is 6.04 Å². The normalized spacial score (nSPS) is 22.3. The minimum absolute atomic E-state index is 0.0232. The fraction of sp³-hybridized carbons (Fsp3) is 0.294. The van der Waals surface area contributed by atoms with Gasteiger partial charge in [-0.25, -0.2) is 0 Å². The molecular formula is C17H18N2O2. The van der Waals surface area contributed by atoms with Gasteiger partial charge in [0.15, 0.2) is 0 Å². The van der Waals surface area contributed by atoms with Crippen LogP contribution in [0.3, 0.4) is 0 Å². The smallest absolute Gasteiger partial charge is 0.233 e. The van der Waals surface area contributed by atoms with Gasteiger partial charge in [-0.2, -0.15) is 0 Å². The maximum absolute atomic E-state index is 11.4. The third kappa shape index (κ3) is 3.11. The Morgan fingerprint density at radius 2 is 1.62 bits per heavy atom. The summed E-state index contributed by atoms with van der Waals surface area (Å²) in [5.74, 6) is -0.0232. The van der Waals surface area contributed by atoms with Crippen LogP contribution in [0.2, 0.25) is 0 Å². The van der Waals surface area contributed by atoms with Gasteiger partial charge in [-0.1, -0.05) is 60.7 Å². The van der Waals surface area contributed by atoms with E-state index in [9.17, 15) is 10.1 Å². The van der Waals surface area contributed by atoms with Gasteiger partial charge in [-0.05, 0) is 11.1 Å². The summed E-state index contributed by atoms with van der Waals surface area (Å²) in [6.45, 7) is 2.03. The van der Waals surface area contributed by atoms with Crippen molar-refractivity contribution in [2.24, 2.45) is 0 Å². The quantitative estimate of drug-likeness (QED) is 0.640. The van der Waals surface area contributed by atoms with E-state index in [1.165, 1.54) is 5.56 Å². The summed E-state index contributed by atoms with van der Waals surface area (Å²) < 4.78 is 0. The second-order valence-electron chi connectivity index (χ2n) is 5.55. The van der Waals surface area contributed by atoms with Crippen molar-refractivity contribution in [1.29, 1.82) is 0 Å². The third-order valence-electron chi connectivity index (χ3n) is 4.11. The summed E-state index contributed by atoms with van der Waals surface area (Å²) in [6.07, 6.45) is 0. The molecule has 0 saturated carbocycles. The van der Waals surface area contributed by atoms with Gasteiger partial charge in [-0.3, -0.25) is 15.0 Å². The average molecular weight is 282 g/mol. The number of nitrogens with zero attached hydrogens (tertiary/aromatic N) is 2. The lowest BCUT2D eigenvalue weighted by atomic mass is 9.95. The van der Waals surface area contributed by atoms with E-state index in [2.05, 4.69) is 17.0 Å². The van der Waals surface area contributed by atoms with Crippen LogP contribution < -0.4 is 0 Å². The van der Waals surface area contributed by atoms with Crippen molar-refractivity contribution in [3.8, 4) is 0 Å². The van der Waals surface area contributed by atoms with Gasteiger partial charge < -0.3 is 0 Å². The highest BCUT2D eigenvalue weighted by Crippen LogP contribution is 2.30. The highest BCUT2D eigenvalue weighted by Gasteiger charge is 2.41. The molecule has 2 atom stereocenters. The van der Waals surface area contributed by atoms with Crippen molar-refractivity contribution in [3.05, 3.63) is 81.9 Å². The first-order chi connectivity index (χ1) is 10.2. The summed E-state index contributed by atoms with van der Waals surface area (Å²) >= 11 is 0. The number of benzene rings is 2. The number of rotatable bonds is 4. The summed E-state index contributed by atoms with van der Waals surface area (Å²) in [5.41, 5.74) is 2.27. The summed E-state index contributed by atoms with van der Waals surface area (Å²) in [6, 6.07) is 19.4. The first-order valence-corrected chi connectivity index (χ1v) is 7.19. The fourth-order valence-corrected chi connectivity index (χ4v) is 3.08. The zero-order valence-corrected chi connectivity index (χ0v) is 11.8.